The van der Waals surface area contributed by atoms with Crippen molar-refractivity contribution in [3.8, 4) is 11.5 Å². The van der Waals surface area contributed by atoms with Gasteiger partial charge in [0.05, 0.1) is 17.2 Å². The van der Waals surface area contributed by atoms with Gasteiger partial charge in [0.15, 0.2) is 5.17 Å². The normalized spacial score (nSPS) is 15.8. The Labute approximate surface area is 192 Å². The van der Waals surface area contributed by atoms with Gasteiger partial charge in [0.1, 0.15) is 18.1 Å². The largest absolute Gasteiger partial charge is 0.494 e. The van der Waals surface area contributed by atoms with Crippen molar-refractivity contribution < 1.29 is 14.3 Å². The van der Waals surface area contributed by atoms with E-state index in [1.165, 1.54) is 17.3 Å². The Bertz CT molecular complexity index is 1150. The van der Waals surface area contributed by atoms with E-state index < -0.39 is 0 Å². The molecule has 5 nitrogen and oxygen atoms in total. The van der Waals surface area contributed by atoms with Gasteiger partial charge >= 0.3 is 0 Å². The number of rotatable bonds is 7. The summed E-state index contributed by atoms with van der Waals surface area (Å²) in [4.78, 5) is 17.5. The molecule has 0 aliphatic carbocycles. The molecule has 0 unspecified atom stereocenters. The maximum Gasteiger partial charge on any atom is 0.264 e. The standard InChI is InChI=1S/C26H24N2O3S/c1-3-30-22-13-9-21(10-14-22)27-26-28-25(29)24(32-26)16-19-7-11-23(12-8-19)31-17-20-6-4-5-18(2)15-20/h4-16H,3,17H2,1-2H3,(H,27,28,29)/b24-16+. The Balaban J connectivity index is 1.38. The van der Waals surface area contributed by atoms with Gasteiger partial charge in [-0.1, -0.05) is 42.0 Å². The van der Waals surface area contributed by atoms with Crippen LogP contribution in [0, 0.1) is 6.92 Å². The minimum absolute atomic E-state index is 0.153. The molecular formula is C26H24N2O3S. The maximum atomic E-state index is 12.3. The predicted molar refractivity (Wildman–Crippen MR) is 130 cm³/mol. The van der Waals surface area contributed by atoms with Gasteiger partial charge in [-0.15, -0.1) is 0 Å². The lowest BCUT2D eigenvalue weighted by atomic mass is 10.1. The van der Waals surface area contributed by atoms with Crippen molar-refractivity contribution in [3.63, 3.8) is 0 Å². The highest BCUT2D eigenvalue weighted by atomic mass is 32.2. The van der Waals surface area contributed by atoms with Gasteiger partial charge in [-0.3, -0.25) is 4.79 Å². The van der Waals surface area contributed by atoms with Crippen molar-refractivity contribution >= 4 is 34.6 Å². The van der Waals surface area contributed by atoms with Crippen LogP contribution in [-0.4, -0.2) is 17.7 Å². The van der Waals surface area contributed by atoms with E-state index in [1.807, 2.05) is 73.7 Å². The smallest absolute Gasteiger partial charge is 0.264 e. The number of amidine groups is 1. The van der Waals surface area contributed by atoms with Gasteiger partial charge in [0, 0.05) is 0 Å². The summed E-state index contributed by atoms with van der Waals surface area (Å²) in [6, 6.07) is 23.4. The average Bonchev–Trinajstić information content (AvgIpc) is 3.13. The first kappa shape index (κ1) is 21.7. The molecule has 1 aliphatic heterocycles. The number of hydrogen-bond acceptors (Lipinski definition) is 5. The molecule has 32 heavy (non-hydrogen) atoms. The number of amides is 1. The second-order valence-electron chi connectivity index (χ2n) is 7.26. The van der Waals surface area contributed by atoms with Gasteiger partial charge < -0.3 is 14.8 Å². The van der Waals surface area contributed by atoms with Crippen LogP contribution in [0.3, 0.4) is 0 Å². The molecule has 0 aromatic heterocycles. The lowest BCUT2D eigenvalue weighted by Crippen LogP contribution is -2.19. The maximum absolute atomic E-state index is 12.3. The summed E-state index contributed by atoms with van der Waals surface area (Å²) in [5, 5.41) is 3.38. The summed E-state index contributed by atoms with van der Waals surface area (Å²) >= 11 is 1.32. The van der Waals surface area contributed by atoms with Crippen LogP contribution in [0.2, 0.25) is 0 Å². The van der Waals surface area contributed by atoms with Gasteiger partial charge in [-0.2, -0.15) is 0 Å². The van der Waals surface area contributed by atoms with Crippen molar-refractivity contribution in [2.45, 2.75) is 20.5 Å². The summed E-state index contributed by atoms with van der Waals surface area (Å²) in [6.45, 7) is 5.15. The van der Waals surface area contributed by atoms with Crippen LogP contribution in [0.4, 0.5) is 5.69 Å². The fraction of sp³-hybridized carbons (Fsp3) is 0.154. The molecule has 3 aromatic carbocycles. The Hall–Kier alpha value is -3.51. The van der Waals surface area contributed by atoms with E-state index in [4.69, 9.17) is 9.47 Å². The topological polar surface area (TPSA) is 59.9 Å². The molecule has 0 spiro atoms. The molecule has 0 bridgehead atoms. The highest BCUT2D eigenvalue weighted by Crippen LogP contribution is 2.29. The number of carbonyl (C=O) groups excluding carboxylic acids is 1. The summed E-state index contributed by atoms with van der Waals surface area (Å²) in [5.74, 6) is 1.43. The minimum atomic E-state index is -0.153. The predicted octanol–water partition coefficient (Wildman–Crippen LogP) is 5.86. The van der Waals surface area contributed by atoms with Gasteiger partial charge in [-0.25, -0.2) is 4.99 Å². The van der Waals surface area contributed by atoms with Crippen molar-refractivity contribution in [2.75, 3.05) is 6.61 Å². The molecule has 6 heteroatoms. The lowest BCUT2D eigenvalue weighted by molar-refractivity contribution is -0.115. The number of nitrogens with zero attached hydrogens (tertiary/aromatic N) is 1. The first-order chi connectivity index (χ1) is 15.6. The molecule has 4 rings (SSSR count). The van der Waals surface area contributed by atoms with Crippen molar-refractivity contribution in [1.82, 2.24) is 5.32 Å². The third kappa shape index (κ3) is 5.80. The van der Waals surface area contributed by atoms with Crippen LogP contribution in [0.15, 0.2) is 82.7 Å². The summed E-state index contributed by atoms with van der Waals surface area (Å²) < 4.78 is 11.3. The van der Waals surface area contributed by atoms with Crippen LogP contribution >= 0.6 is 11.8 Å². The number of aryl methyl sites for hydroxylation is 1. The number of aliphatic imine (C=N–C) groups is 1. The number of carbonyl (C=O) groups is 1. The number of nitrogens with one attached hydrogen (secondary N) is 1. The molecule has 0 radical (unpaired) electrons. The highest BCUT2D eigenvalue weighted by Gasteiger charge is 2.23. The Morgan fingerprint density at radius 2 is 1.69 bits per heavy atom. The average molecular weight is 445 g/mol. The fourth-order valence-corrected chi connectivity index (χ4v) is 4.00. The minimum Gasteiger partial charge on any atom is -0.494 e. The Kier molecular flexibility index (Phi) is 6.92. The third-order valence-electron chi connectivity index (χ3n) is 4.70. The zero-order valence-corrected chi connectivity index (χ0v) is 18.8. The number of hydrogen-bond donors (Lipinski definition) is 1. The van der Waals surface area contributed by atoms with E-state index >= 15 is 0 Å². The Morgan fingerprint density at radius 1 is 0.969 bits per heavy atom. The molecule has 1 heterocycles. The molecule has 0 atom stereocenters. The van der Waals surface area contributed by atoms with E-state index in [1.54, 1.807) is 0 Å². The molecule has 1 aliphatic rings. The summed E-state index contributed by atoms with van der Waals surface area (Å²) in [7, 11) is 0. The monoisotopic (exact) mass is 444 g/mol. The van der Waals surface area contributed by atoms with Crippen molar-refractivity contribution in [1.29, 1.82) is 0 Å². The van der Waals surface area contributed by atoms with Crippen LogP contribution in [-0.2, 0) is 11.4 Å². The van der Waals surface area contributed by atoms with Crippen LogP contribution in [0.5, 0.6) is 11.5 Å². The van der Waals surface area contributed by atoms with Gasteiger partial charge in [-0.05, 0) is 79.2 Å². The zero-order chi connectivity index (χ0) is 22.3. The number of benzene rings is 3. The number of thioether (sulfide) groups is 1. The molecule has 3 aromatic rings. The summed E-state index contributed by atoms with van der Waals surface area (Å²) in [6.07, 6.45) is 1.85. The van der Waals surface area contributed by atoms with E-state index in [0.717, 1.165) is 28.3 Å². The molecule has 0 saturated carbocycles. The zero-order valence-electron chi connectivity index (χ0n) is 18.0. The molecule has 162 valence electrons. The van der Waals surface area contributed by atoms with E-state index in [9.17, 15) is 4.79 Å². The van der Waals surface area contributed by atoms with Crippen LogP contribution < -0.4 is 14.8 Å². The van der Waals surface area contributed by atoms with Gasteiger partial charge in [0.2, 0.25) is 0 Å². The molecule has 1 fully saturated rings. The second-order valence-corrected chi connectivity index (χ2v) is 8.29. The molecule has 1 N–H and O–H groups in total. The highest BCUT2D eigenvalue weighted by molar-refractivity contribution is 8.18. The molecule has 1 amide bonds. The second kappa shape index (κ2) is 10.2. The van der Waals surface area contributed by atoms with E-state index in [0.29, 0.717) is 23.3 Å². The molecule has 1 saturated heterocycles. The lowest BCUT2D eigenvalue weighted by Gasteiger charge is -2.07. The van der Waals surface area contributed by atoms with Crippen molar-refractivity contribution in [2.24, 2.45) is 4.99 Å². The van der Waals surface area contributed by atoms with E-state index in [-0.39, 0.29) is 5.91 Å². The van der Waals surface area contributed by atoms with E-state index in [2.05, 4.69) is 29.4 Å². The fourth-order valence-electron chi connectivity index (χ4n) is 3.16. The van der Waals surface area contributed by atoms with Gasteiger partial charge in [0.25, 0.3) is 5.91 Å². The summed E-state index contributed by atoms with van der Waals surface area (Å²) in [5.41, 5.74) is 4.03. The Morgan fingerprint density at radius 3 is 2.41 bits per heavy atom. The first-order valence-corrected chi connectivity index (χ1v) is 11.2. The van der Waals surface area contributed by atoms with Crippen LogP contribution in [0.25, 0.3) is 6.08 Å². The first-order valence-electron chi connectivity index (χ1n) is 10.4. The van der Waals surface area contributed by atoms with Crippen molar-refractivity contribution in [3.05, 3.63) is 94.4 Å². The third-order valence-corrected chi connectivity index (χ3v) is 5.60. The quantitative estimate of drug-likeness (QED) is 0.464. The SMILES string of the molecule is CCOc1ccc(N=C2NC(=O)/C(=C\c3ccc(OCc4cccc(C)c4)cc3)S2)cc1. The number of ether oxygens (including phenoxy) is 2. The molecular weight excluding hydrogens is 420 g/mol. The van der Waals surface area contributed by atoms with Crippen LogP contribution in [0.1, 0.15) is 23.6 Å².